The monoisotopic (exact) mass is 354 g/mol. The zero-order chi connectivity index (χ0) is 18.1. The van der Waals surface area contributed by atoms with Gasteiger partial charge in [0, 0.05) is 25.8 Å². The van der Waals surface area contributed by atoms with Gasteiger partial charge in [-0.25, -0.2) is 21.5 Å². The molecule has 0 spiro atoms. The molecule has 0 heterocycles. The first kappa shape index (κ1) is 18.0. The van der Waals surface area contributed by atoms with Crippen LogP contribution in [0.1, 0.15) is 15.9 Å². The van der Waals surface area contributed by atoms with Crippen LogP contribution in [0.5, 0.6) is 0 Å². The number of aryl methyl sites for hydroxylation is 1. The predicted molar refractivity (Wildman–Crippen MR) is 86.4 cm³/mol. The summed E-state index contributed by atoms with van der Waals surface area (Å²) >= 11 is 0. The lowest BCUT2D eigenvalue weighted by atomic mass is 10.1. The summed E-state index contributed by atoms with van der Waals surface area (Å²) in [6.07, 6.45) is 0. The van der Waals surface area contributed by atoms with Gasteiger partial charge in [-0.3, -0.25) is 4.79 Å². The van der Waals surface area contributed by atoms with Gasteiger partial charge in [0.15, 0.2) is 0 Å². The second-order valence-corrected chi connectivity index (χ2v) is 7.47. The third kappa shape index (κ3) is 3.60. The van der Waals surface area contributed by atoms with Crippen LogP contribution < -0.4 is 5.32 Å². The van der Waals surface area contributed by atoms with Crippen LogP contribution in [-0.4, -0.2) is 32.7 Å². The lowest BCUT2D eigenvalue weighted by Crippen LogP contribution is -2.23. The van der Waals surface area contributed by atoms with E-state index in [2.05, 4.69) is 5.32 Å². The Kier molecular flexibility index (Phi) is 5.00. The molecular formula is C16H16F2N2O3S. The molecule has 0 aliphatic carbocycles. The highest BCUT2D eigenvalue weighted by molar-refractivity contribution is 7.89. The number of carbonyl (C=O) groups is 1. The van der Waals surface area contributed by atoms with Crippen LogP contribution in [0.4, 0.5) is 14.5 Å². The fourth-order valence-corrected chi connectivity index (χ4v) is 3.17. The lowest BCUT2D eigenvalue weighted by Gasteiger charge is -2.15. The van der Waals surface area contributed by atoms with Crippen LogP contribution in [0.3, 0.4) is 0 Å². The fraction of sp³-hybridized carbons (Fsp3) is 0.188. The smallest absolute Gasteiger partial charge is 0.258 e. The Hall–Kier alpha value is -2.32. The van der Waals surface area contributed by atoms with Gasteiger partial charge in [-0.2, -0.15) is 0 Å². The first-order valence-electron chi connectivity index (χ1n) is 6.92. The number of halogens is 2. The largest absolute Gasteiger partial charge is 0.322 e. The van der Waals surface area contributed by atoms with E-state index in [0.717, 1.165) is 16.4 Å². The summed E-state index contributed by atoms with van der Waals surface area (Å²) in [5.41, 5.74) is 0.360. The highest BCUT2D eigenvalue weighted by Gasteiger charge is 2.21. The molecule has 24 heavy (non-hydrogen) atoms. The molecule has 0 fully saturated rings. The van der Waals surface area contributed by atoms with Crippen molar-refractivity contribution in [1.82, 2.24) is 4.31 Å². The van der Waals surface area contributed by atoms with Crippen molar-refractivity contribution in [2.24, 2.45) is 0 Å². The maximum absolute atomic E-state index is 13.6. The van der Waals surface area contributed by atoms with Crippen molar-refractivity contribution in [3.8, 4) is 0 Å². The maximum atomic E-state index is 13.6. The summed E-state index contributed by atoms with van der Waals surface area (Å²) in [4.78, 5) is 12.1. The topological polar surface area (TPSA) is 66.5 Å². The number of hydrogen-bond acceptors (Lipinski definition) is 3. The Morgan fingerprint density at radius 1 is 1.08 bits per heavy atom. The summed E-state index contributed by atoms with van der Waals surface area (Å²) in [5, 5.41) is 2.41. The van der Waals surface area contributed by atoms with Crippen molar-refractivity contribution in [2.45, 2.75) is 11.8 Å². The number of nitrogens with one attached hydrogen (secondary N) is 1. The zero-order valence-corrected chi connectivity index (χ0v) is 14.1. The van der Waals surface area contributed by atoms with Crippen LogP contribution in [0.25, 0.3) is 0 Å². The first-order chi connectivity index (χ1) is 11.1. The van der Waals surface area contributed by atoms with Gasteiger partial charge in [-0.05, 0) is 36.8 Å². The van der Waals surface area contributed by atoms with Crippen LogP contribution in [0.15, 0.2) is 41.3 Å². The molecular weight excluding hydrogens is 338 g/mol. The third-order valence-corrected chi connectivity index (χ3v) is 5.34. The van der Waals surface area contributed by atoms with E-state index in [1.54, 1.807) is 6.92 Å². The van der Waals surface area contributed by atoms with Gasteiger partial charge in [-0.15, -0.1) is 0 Å². The Morgan fingerprint density at radius 2 is 1.75 bits per heavy atom. The number of nitrogens with zero attached hydrogens (tertiary/aromatic N) is 1. The van der Waals surface area contributed by atoms with E-state index >= 15 is 0 Å². The first-order valence-corrected chi connectivity index (χ1v) is 8.36. The number of anilines is 1. The van der Waals surface area contributed by atoms with E-state index in [1.807, 2.05) is 0 Å². The van der Waals surface area contributed by atoms with Crippen molar-refractivity contribution in [2.75, 3.05) is 19.4 Å². The predicted octanol–water partition coefficient (Wildman–Crippen LogP) is 2.78. The molecule has 1 amide bonds. The van der Waals surface area contributed by atoms with Crippen LogP contribution >= 0.6 is 0 Å². The number of benzene rings is 2. The quantitative estimate of drug-likeness (QED) is 0.918. The SMILES string of the molecule is Cc1ccc(NC(=O)c2ccc(F)cc2F)cc1S(=O)(=O)N(C)C. The molecule has 0 unspecified atom stereocenters. The Morgan fingerprint density at radius 3 is 2.33 bits per heavy atom. The van der Waals surface area contributed by atoms with E-state index in [0.29, 0.717) is 11.6 Å². The summed E-state index contributed by atoms with van der Waals surface area (Å²) in [6.45, 7) is 1.63. The summed E-state index contributed by atoms with van der Waals surface area (Å²) in [7, 11) is -0.892. The molecule has 0 atom stereocenters. The van der Waals surface area contributed by atoms with Crippen molar-refractivity contribution >= 4 is 21.6 Å². The van der Waals surface area contributed by atoms with Crippen molar-refractivity contribution in [3.63, 3.8) is 0 Å². The Bertz CT molecular complexity index is 896. The highest BCUT2D eigenvalue weighted by atomic mass is 32.2. The lowest BCUT2D eigenvalue weighted by molar-refractivity contribution is 0.102. The molecule has 0 bridgehead atoms. The molecule has 128 valence electrons. The molecule has 0 radical (unpaired) electrons. The third-order valence-electron chi connectivity index (χ3n) is 3.38. The second-order valence-electron chi connectivity index (χ2n) is 5.35. The summed E-state index contributed by atoms with van der Waals surface area (Å²) in [6, 6.07) is 6.92. The minimum atomic E-state index is -3.69. The summed E-state index contributed by atoms with van der Waals surface area (Å²) in [5.74, 6) is -2.59. The average Bonchev–Trinajstić information content (AvgIpc) is 2.48. The van der Waals surface area contributed by atoms with Gasteiger partial charge in [0.05, 0.1) is 10.5 Å². The molecule has 0 aromatic heterocycles. The molecule has 2 aromatic carbocycles. The normalized spacial score (nSPS) is 11.6. The standard InChI is InChI=1S/C16H16F2N2O3S/c1-10-4-6-12(9-15(10)24(22,23)20(2)3)19-16(21)13-7-5-11(17)8-14(13)18/h4-9H,1-3H3,(H,19,21). The van der Waals surface area contributed by atoms with Crippen molar-refractivity contribution in [3.05, 3.63) is 59.2 Å². The van der Waals surface area contributed by atoms with Crippen LogP contribution in [-0.2, 0) is 10.0 Å². The van der Waals surface area contributed by atoms with Crippen LogP contribution in [0, 0.1) is 18.6 Å². The number of rotatable bonds is 4. The van der Waals surface area contributed by atoms with Crippen LogP contribution in [0.2, 0.25) is 0 Å². The molecule has 0 aliphatic rings. The molecule has 0 saturated carbocycles. The molecule has 2 aromatic rings. The Balaban J connectivity index is 2.36. The average molecular weight is 354 g/mol. The van der Waals surface area contributed by atoms with Crippen molar-refractivity contribution in [1.29, 1.82) is 0 Å². The van der Waals surface area contributed by atoms with E-state index in [-0.39, 0.29) is 16.1 Å². The molecule has 0 saturated heterocycles. The molecule has 8 heteroatoms. The van der Waals surface area contributed by atoms with E-state index in [9.17, 15) is 22.0 Å². The van der Waals surface area contributed by atoms with Gasteiger partial charge in [0.1, 0.15) is 11.6 Å². The Labute approximate surface area is 139 Å². The minimum absolute atomic E-state index is 0.0323. The van der Waals surface area contributed by atoms with Gasteiger partial charge in [-0.1, -0.05) is 6.07 Å². The van der Waals surface area contributed by atoms with Gasteiger partial charge in [0.25, 0.3) is 5.91 Å². The number of amides is 1. The molecule has 2 rings (SSSR count). The fourth-order valence-electron chi connectivity index (χ4n) is 2.02. The van der Waals surface area contributed by atoms with E-state index < -0.39 is 27.6 Å². The number of carbonyl (C=O) groups excluding carboxylic acids is 1. The molecule has 1 N–H and O–H groups in total. The van der Waals surface area contributed by atoms with Gasteiger partial charge in [0.2, 0.25) is 10.0 Å². The number of sulfonamides is 1. The second kappa shape index (κ2) is 6.66. The maximum Gasteiger partial charge on any atom is 0.258 e. The van der Waals surface area contributed by atoms with Gasteiger partial charge >= 0.3 is 0 Å². The summed E-state index contributed by atoms with van der Waals surface area (Å²) < 4.78 is 52.1. The van der Waals surface area contributed by atoms with Gasteiger partial charge < -0.3 is 5.32 Å². The van der Waals surface area contributed by atoms with Crippen molar-refractivity contribution < 1.29 is 22.0 Å². The number of hydrogen-bond donors (Lipinski definition) is 1. The van der Waals surface area contributed by atoms with E-state index in [1.165, 1.54) is 32.3 Å². The minimum Gasteiger partial charge on any atom is -0.322 e. The molecule has 0 aliphatic heterocycles. The zero-order valence-electron chi connectivity index (χ0n) is 13.3. The highest BCUT2D eigenvalue weighted by Crippen LogP contribution is 2.23. The van der Waals surface area contributed by atoms with E-state index in [4.69, 9.17) is 0 Å². The molecule has 5 nitrogen and oxygen atoms in total.